The molecule has 25 heavy (non-hydrogen) atoms. The Labute approximate surface area is 158 Å². The van der Waals surface area contributed by atoms with E-state index in [4.69, 9.17) is 23.2 Å². The highest BCUT2D eigenvalue weighted by Crippen LogP contribution is 2.36. The van der Waals surface area contributed by atoms with Gasteiger partial charge < -0.3 is 5.11 Å². The number of aliphatic hydroxyl groups is 1. The van der Waals surface area contributed by atoms with E-state index in [0.717, 1.165) is 5.56 Å². The quantitative estimate of drug-likeness (QED) is 0.848. The van der Waals surface area contributed by atoms with Crippen LogP contribution in [0.5, 0.6) is 0 Å². The number of hydrogen-bond donors (Lipinski definition) is 1. The molecule has 1 saturated heterocycles. The van der Waals surface area contributed by atoms with Crippen molar-refractivity contribution in [3.63, 3.8) is 0 Å². The first-order valence-electron chi connectivity index (χ1n) is 7.98. The number of nitrogens with zero attached hydrogens (tertiary/aromatic N) is 1. The van der Waals surface area contributed by atoms with Gasteiger partial charge in [0.15, 0.2) is 0 Å². The second kappa shape index (κ2) is 6.89. The van der Waals surface area contributed by atoms with Gasteiger partial charge in [0.25, 0.3) is 0 Å². The molecule has 1 aliphatic heterocycles. The second-order valence-corrected chi connectivity index (χ2v) is 9.05. The standard InChI is InChI=1S/C18H19Cl2NO3S/c1-13-11-17(16(20)12-15(13)19)25(23,24)21-9-7-18(22,8-10-21)14-5-3-2-4-6-14/h2-6,11-12,22H,7-10H2,1H3. The molecule has 1 fully saturated rings. The van der Waals surface area contributed by atoms with Crippen LogP contribution in [0.3, 0.4) is 0 Å². The molecule has 1 aliphatic rings. The zero-order valence-electron chi connectivity index (χ0n) is 13.7. The lowest BCUT2D eigenvalue weighted by molar-refractivity contribution is -0.00961. The van der Waals surface area contributed by atoms with Crippen LogP contribution in [-0.4, -0.2) is 30.9 Å². The average molecular weight is 400 g/mol. The Morgan fingerprint density at radius 2 is 1.64 bits per heavy atom. The van der Waals surface area contributed by atoms with E-state index in [-0.39, 0.29) is 23.0 Å². The molecule has 2 aromatic rings. The number of halogens is 2. The highest BCUT2D eigenvalue weighted by Gasteiger charge is 2.38. The third-order valence-electron chi connectivity index (χ3n) is 4.69. The summed E-state index contributed by atoms with van der Waals surface area (Å²) in [4.78, 5) is 0.0567. The van der Waals surface area contributed by atoms with E-state index in [9.17, 15) is 13.5 Å². The van der Waals surface area contributed by atoms with Crippen molar-refractivity contribution in [2.45, 2.75) is 30.3 Å². The van der Waals surface area contributed by atoms with Crippen LogP contribution in [0, 0.1) is 6.92 Å². The van der Waals surface area contributed by atoms with Gasteiger partial charge in [-0.2, -0.15) is 4.31 Å². The van der Waals surface area contributed by atoms with Crippen molar-refractivity contribution < 1.29 is 13.5 Å². The number of benzene rings is 2. The maximum Gasteiger partial charge on any atom is 0.244 e. The van der Waals surface area contributed by atoms with E-state index in [1.807, 2.05) is 30.3 Å². The molecule has 7 heteroatoms. The Bertz CT molecular complexity index is 877. The number of hydrogen-bond acceptors (Lipinski definition) is 3. The smallest absolute Gasteiger partial charge is 0.244 e. The Hall–Kier alpha value is -1.11. The van der Waals surface area contributed by atoms with Crippen molar-refractivity contribution in [1.82, 2.24) is 4.31 Å². The molecule has 0 unspecified atom stereocenters. The van der Waals surface area contributed by atoms with Crippen LogP contribution in [0.4, 0.5) is 0 Å². The third kappa shape index (κ3) is 3.57. The van der Waals surface area contributed by atoms with Crippen LogP contribution in [0.2, 0.25) is 10.0 Å². The molecule has 0 spiro atoms. The summed E-state index contributed by atoms with van der Waals surface area (Å²) in [5.74, 6) is 0. The van der Waals surface area contributed by atoms with Crippen molar-refractivity contribution in [1.29, 1.82) is 0 Å². The molecule has 0 bridgehead atoms. The van der Waals surface area contributed by atoms with E-state index in [1.165, 1.54) is 16.4 Å². The molecule has 0 aliphatic carbocycles. The Balaban J connectivity index is 1.84. The predicted molar refractivity (Wildman–Crippen MR) is 99.5 cm³/mol. The minimum Gasteiger partial charge on any atom is -0.385 e. The summed E-state index contributed by atoms with van der Waals surface area (Å²) < 4.78 is 27.2. The minimum atomic E-state index is -3.73. The lowest BCUT2D eigenvalue weighted by Gasteiger charge is -2.38. The van der Waals surface area contributed by atoms with E-state index >= 15 is 0 Å². The number of aryl methyl sites for hydroxylation is 1. The van der Waals surface area contributed by atoms with Crippen molar-refractivity contribution in [2.75, 3.05) is 13.1 Å². The molecule has 1 heterocycles. The van der Waals surface area contributed by atoms with Gasteiger partial charge in [-0.15, -0.1) is 0 Å². The molecule has 0 saturated carbocycles. The first-order chi connectivity index (χ1) is 11.7. The summed E-state index contributed by atoms with van der Waals surface area (Å²) in [7, 11) is -3.73. The Morgan fingerprint density at radius 1 is 1.04 bits per heavy atom. The molecule has 4 nitrogen and oxygen atoms in total. The molecule has 2 aromatic carbocycles. The average Bonchev–Trinajstić information content (AvgIpc) is 2.59. The molecule has 1 N–H and O–H groups in total. The molecule has 0 atom stereocenters. The van der Waals surface area contributed by atoms with Crippen LogP contribution in [0.25, 0.3) is 0 Å². The third-order valence-corrected chi connectivity index (χ3v) is 7.46. The lowest BCUT2D eigenvalue weighted by Crippen LogP contribution is -2.45. The zero-order chi connectivity index (χ0) is 18.2. The van der Waals surface area contributed by atoms with E-state index in [2.05, 4.69) is 0 Å². The fraction of sp³-hybridized carbons (Fsp3) is 0.333. The molecule has 0 radical (unpaired) electrons. The predicted octanol–water partition coefficient (Wildman–Crippen LogP) is 3.97. The summed E-state index contributed by atoms with van der Waals surface area (Å²) in [5, 5.41) is 11.4. The Morgan fingerprint density at radius 3 is 2.24 bits per heavy atom. The van der Waals surface area contributed by atoms with Gasteiger partial charge in [-0.1, -0.05) is 53.5 Å². The molecule has 0 aromatic heterocycles. The molecule has 134 valence electrons. The van der Waals surface area contributed by atoms with Crippen molar-refractivity contribution in [3.05, 3.63) is 63.6 Å². The highest BCUT2D eigenvalue weighted by atomic mass is 35.5. The van der Waals surface area contributed by atoms with Gasteiger partial charge in [0, 0.05) is 18.1 Å². The SMILES string of the molecule is Cc1cc(S(=O)(=O)N2CCC(O)(c3ccccc3)CC2)c(Cl)cc1Cl. The van der Waals surface area contributed by atoms with Crippen LogP contribution in [-0.2, 0) is 15.6 Å². The first kappa shape index (κ1) is 18.7. The number of sulfonamides is 1. The van der Waals surface area contributed by atoms with Crippen LogP contribution < -0.4 is 0 Å². The van der Waals surface area contributed by atoms with Gasteiger partial charge in [-0.05, 0) is 43.0 Å². The summed E-state index contributed by atoms with van der Waals surface area (Å²) in [6.45, 7) is 2.19. The Kier molecular flexibility index (Phi) is 5.15. The van der Waals surface area contributed by atoms with E-state index < -0.39 is 15.6 Å². The van der Waals surface area contributed by atoms with Gasteiger partial charge >= 0.3 is 0 Å². The van der Waals surface area contributed by atoms with E-state index in [0.29, 0.717) is 23.4 Å². The van der Waals surface area contributed by atoms with Gasteiger partial charge in [0.05, 0.1) is 10.6 Å². The normalized spacial score (nSPS) is 18.2. The molecular formula is C18H19Cl2NO3S. The van der Waals surface area contributed by atoms with Gasteiger partial charge in [0.1, 0.15) is 4.90 Å². The first-order valence-corrected chi connectivity index (χ1v) is 10.2. The molecule has 3 rings (SSSR count). The van der Waals surface area contributed by atoms with Crippen molar-refractivity contribution >= 4 is 33.2 Å². The van der Waals surface area contributed by atoms with Gasteiger partial charge in [-0.3, -0.25) is 0 Å². The monoisotopic (exact) mass is 399 g/mol. The summed E-state index contributed by atoms with van der Waals surface area (Å²) >= 11 is 12.1. The van der Waals surface area contributed by atoms with Gasteiger partial charge in [-0.25, -0.2) is 8.42 Å². The van der Waals surface area contributed by atoms with Crippen molar-refractivity contribution in [2.24, 2.45) is 0 Å². The van der Waals surface area contributed by atoms with Crippen LogP contribution in [0.15, 0.2) is 47.4 Å². The summed E-state index contributed by atoms with van der Waals surface area (Å²) in [6.07, 6.45) is 0.668. The zero-order valence-corrected chi connectivity index (χ0v) is 16.1. The maximum atomic E-state index is 12.9. The minimum absolute atomic E-state index is 0.0567. The number of rotatable bonds is 3. The van der Waals surface area contributed by atoms with Gasteiger partial charge in [0.2, 0.25) is 10.0 Å². The largest absolute Gasteiger partial charge is 0.385 e. The van der Waals surface area contributed by atoms with Crippen molar-refractivity contribution in [3.8, 4) is 0 Å². The lowest BCUT2D eigenvalue weighted by atomic mass is 9.85. The van der Waals surface area contributed by atoms with Crippen LogP contribution in [0.1, 0.15) is 24.0 Å². The second-order valence-electron chi connectivity index (χ2n) is 6.33. The maximum absolute atomic E-state index is 12.9. The number of piperidine rings is 1. The topological polar surface area (TPSA) is 57.6 Å². The fourth-order valence-electron chi connectivity index (χ4n) is 3.10. The van der Waals surface area contributed by atoms with Crippen LogP contribution >= 0.6 is 23.2 Å². The highest BCUT2D eigenvalue weighted by molar-refractivity contribution is 7.89. The molecular weight excluding hydrogens is 381 g/mol. The van der Waals surface area contributed by atoms with E-state index in [1.54, 1.807) is 6.92 Å². The summed E-state index contributed by atoms with van der Waals surface area (Å²) in [6, 6.07) is 12.3. The fourth-order valence-corrected chi connectivity index (χ4v) is 5.35. The summed E-state index contributed by atoms with van der Waals surface area (Å²) in [5.41, 5.74) is 0.461. The molecule has 0 amide bonds.